The van der Waals surface area contributed by atoms with Gasteiger partial charge < -0.3 is 14.9 Å². The summed E-state index contributed by atoms with van der Waals surface area (Å²) >= 11 is 0. The van der Waals surface area contributed by atoms with Gasteiger partial charge in [-0.2, -0.15) is 0 Å². The summed E-state index contributed by atoms with van der Waals surface area (Å²) in [6, 6.07) is 7.38. The summed E-state index contributed by atoms with van der Waals surface area (Å²) in [7, 11) is 1.59. The predicted molar refractivity (Wildman–Crippen MR) is 64.1 cm³/mol. The van der Waals surface area contributed by atoms with E-state index in [1.165, 1.54) is 0 Å². The number of benzene rings is 1. The quantitative estimate of drug-likeness (QED) is 0.759. The average Bonchev–Trinajstić information content (AvgIpc) is 2.35. The van der Waals surface area contributed by atoms with E-state index in [-0.39, 0.29) is 6.61 Å². The molecule has 0 saturated heterocycles. The number of ether oxygens (including phenoxy) is 1. The normalized spacial score (nSPS) is 12.1. The molecule has 4 heteroatoms. The number of aliphatic carboxylic acids is 1. The molecular weight excluding hydrogens is 220 g/mol. The average molecular weight is 238 g/mol. The minimum atomic E-state index is -0.811. The lowest BCUT2D eigenvalue weighted by atomic mass is 9.95. The van der Waals surface area contributed by atoms with Gasteiger partial charge in [0.05, 0.1) is 13.0 Å². The van der Waals surface area contributed by atoms with Gasteiger partial charge in [0.2, 0.25) is 0 Å². The van der Waals surface area contributed by atoms with Crippen molar-refractivity contribution in [1.29, 1.82) is 0 Å². The van der Waals surface area contributed by atoms with E-state index in [1.54, 1.807) is 7.11 Å². The Kier molecular flexibility index (Phi) is 5.49. The molecule has 0 fully saturated rings. The van der Waals surface area contributed by atoms with Crippen LogP contribution in [0.4, 0.5) is 0 Å². The number of rotatable bonds is 7. The van der Waals surface area contributed by atoms with Crippen molar-refractivity contribution in [1.82, 2.24) is 0 Å². The minimum absolute atomic E-state index is 0.0341. The molecule has 0 spiro atoms. The van der Waals surface area contributed by atoms with Crippen molar-refractivity contribution in [2.24, 2.45) is 5.92 Å². The molecule has 94 valence electrons. The van der Waals surface area contributed by atoms with Crippen molar-refractivity contribution < 1.29 is 19.7 Å². The lowest BCUT2D eigenvalue weighted by molar-refractivity contribution is -0.142. The predicted octanol–water partition coefficient (Wildman–Crippen LogP) is 1.71. The van der Waals surface area contributed by atoms with Crippen LogP contribution in [0.2, 0.25) is 0 Å². The summed E-state index contributed by atoms with van der Waals surface area (Å²) in [4.78, 5) is 11.0. The summed E-state index contributed by atoms with van der Waals surface area (Å²) in [6.07, 6.45) is 1.50. The van der Waals surface area contributed by atoms with Gasteiger partial charge in [-0.25, -0.2) is 0 Å². The Labute approximate surface area is 101 Å². The van der Waals surface area contributed by atoms with E-state index < -0.39 is 11.9 Å². The molecule has 17 heavy (non-hydrogen) atoms. The molecule has 0 radical (unpaired) electrons. The van der Waals surface area contributed by atoms with E-state index in [0.29, 0.717) is 19.3 Å². The highest BCUT2D eigenvalue weighted by atomic mass is 16.5. The number of carboxylic acids is 1. The van der Waals surface area contributed by atoms with E-state index in [1.807, 2.05) is 24.3 Å². The molecule has 4 nitrogen and oxygen atoms in total. The van der Waals surface area contributed by atoms with Crippen LogP contribution >= 0.6 is 0 Å². The van der Waals surface area contributed by atoms with Crippen molar-refractivity contribution in [3.8, 4) is 5.75 Å². The number of methoxy groups -OCH3 is 1. The highest BCUT2D eigenvalue weighted by molar-refractivity contribution is 5.70. The zero-order valence-electron chi connectivity index (χ0n) is 9.93. The highest BCUT2D eigenvalue weighted by Gasteiger charge is 2.17. The van der Waals surface area contributed by atoms with Crippen molar-refractivity contribution in [2.75, 3.05) is 13.7 Å². The van der Waals surface area contributed by atoms with E-state index in [4.69, 9.17) is 14.9 Å². The second kappa shape index (κ2) is 6.91. The Morgan fingerprint density at radius 2 is 2.00 bits per heavy atom. The zero-order chi connectivity index (χ0) is 12.7. The molecular formula is C13H18O4. The molecule has 0 saturated carbocycles. The van der Waals surface area contributed by atoms with Crippen molar-refractivity contribution in [2.45, 2.75) is 19.3 Å². The number of carbonyl (C=O) groups is 1. The van der Waals surface area contributed by atoms with Crippen LogP contribution in [0.1, 0.15) is 18.4 Å². The minimum Gasteiger partial charge on any atom is -0.497 e. The standard InChI is InChI=1S/C13H18O4/c1-17-12-6-4-10(5-7-12)9-11(13(15)16)3-2-8-14/h4-7,11,14H,2-3,8-9H2,1H3,(H,15,16). The van der Waals surface area contributed by atoms with Gasteiger partial charge >= 0.3 is 5.97 Å². The smallest absolute Gasteiger partial charge is 0.306 e. The lowest BCUT2D eigenvalue weighted by Crippen LogP contribution is -2.16. The summed E-state index contributed by atoms with van der Waals surface area (Å²) in [5.41, 5.74) is 0.969. The van der Waals surface area contributed by atoms with Gasteiger partial charge in [-0.1, -0.05) is 12.1 Å². The van der Waals surface area contributed by atoms with Crippen molar-refractivity contribution in [3.05, 3.63) is 29.8 Å². The third kappa shape index (κ3) is 4.44. The van der Waals surface area contributed by atoms with Gasteiger partial charge in [0.1, 0.15) is 5.75 Å². The highest BCUT2D eigenvalue weighted by Crippen LogP contribution is 2.17. The molecule has 1 atom stereocenters. The third-order valence-electron chi connectivity index (χ3n) is 2.70. The van der Waals surface area contributed by atoms with Gasteiger partial charge in [0.15, 0.2) is 0 Å². The fourth-order valence-corrected chi connectivity index (χ4v) is 1.70. The van der Waals surface area contributed by atoms with Gasteiger partial charge in [0, 0.05) is 6.61 Å². The largest absolute Gasteiger partial charge is 0.497 e. The molecule has 0 amide bonds. The van der Waals surface area contributed by atoms with Gasteiger partial charge in [-0.15, -0.1) is 0 Å². The molecule has 1 rings (SSSR count). The number of hydrogen-bond acceptors (Lipinski definition) is 3. The van der Waals surface area contributed by atoms with Crippen molar-refractivity contribution >= 4 is 5.97 Å². The molecule has 0 aliphatic carbocycles. The van der Waals surface area contributed by atoms with Gasteiger partial charge in [-0.3, -0.25) is 4.79 Å². The molecule has 0 aliphatic rings. The van der Waals surface area contributed by atoms with Crippen LogP contribution in [0.3, 0.4) is 0 Å². The Balaban J connectivity index is 2.61. The van der Waals surface area contributed by atoms with Crippen LogP contribution in [0.25, 0.3) is 0 Å². The molecule has 1 aromatic carbocycles. The lowest BCUT2D eigenvalue weighted by Gasteiger charge is -2.11. The number of aliphatic hydroxyl groups excluding tert-OH is 1. The van der Waals surface area contributed by atoms with Crippen LogP contribution in [0.15, 0.2) is 24.3 Å². The fraction of sp³-hybridized carbons (Fsp3) is 0.462. The summed E-state index contributed by atoms with van der Waals surface area (Å²) in [5, 5.41) is 17.8. The number of hydrogen-bond donors (Lipinski definition) is 2. The molecule has 0 heterocycles. The maximum absolute atomic E-state index is 11.0. The summed E-state index contributed by atoms with van der Waals surface area (Å²) < 4.78 is 5.04. The van der Waals surface area contributed by atoms with E-state index in [9.17, 15) is 4.79 Å². The van der Waals surface area contributed by atoms with Crippen LogP contribution in [0.5, 0.6) is 5.75 Å². The summed E-state index contributed by atoms with van der Waals surface area (Å²) in [6.45, 7) is 0.0341. The number of carboxylic acid groups (broad SMARTS) is 1. The molecule has 0 aliphatic heterocycles. The molecule has 0 bridgehead atoms. The molecule has 0 aromatic heterocycles. The maximum atomic E-state index is 11.0. The number of aliphatic hydroxyl groups is 1. The first-order chi connectivity index (χ1) is 8.17. The fourth-order valence-electron chi connectivity index (χ4n) is 1.70. The molecule has 1 aromatic rings. The summed E-state index contributed by atoms with van der Waals surface area (Å²) in [5.74, 6) is -0.485. The Morgan fingerprint density at radius 3 is 2.47 bits per heavy atom. The van der Waals surface area contributed by atoms with E-state index in [0.717, 1.165) is 11.3 Å². The second-order valence-electron chi connectivity index (χ2n) is 3.95. The topological polar surface area (TPSA) is 66.8 Å². The maximum Gasteiger partial charge on any atom is 0.306 e. The van der Waals surface area contributed by atoms with Crippen molar-refractivity contribution in [3.63, 3.8) is 0 Å². The molecule has 1 unspecified atom stereocenters. The van der Waals surface area contributed by atoms with E-state index in [2.05, 4.69) is 0 Å². The van der Waals surface area contributed by atoms with Crippen LogP contribution in [-0.4, -0.2) is 29.9 Å². The van der Waals surface area contributed by atoms with Crippen LogP contribution in [0, 0.1) is 5.92 Å². The van der Waals surface area contributed by atoms with Crippen LogP contribution < -0.4 is 4.74 Å². The molecule has 2 N–H and O–H groups in total. The SMILES string of the molecule is COc1ccc(CC(CCCO)C(=O)O)cc1. The third-order valence-corrected chi connectivity index (χ3v) is 2.70. The monoisotopic (exact) mass is 238 g/mol. The Morgan fingerprint density at radius 1 is 1.35 bits per heavy atom. The van der Waals surface area contributed by atoms with Gasteiger partial charge in [-0.05, 0) is 37.0 Å². The Bertz CT molecular complexity index is 345. The Hall–Kier alpha value is -1.55. The zero-order valence-corrected chi connectivity index (χ0v) is 9.93. The first-order valence-electron chi connectivity index (χ1n) is 5.64. The second-order valence-corrected chi connectivity index (χ2v) is 3.95. The van der Waals surface area contributed by atoms with Crippen LogP contribution in [-0.2, 0) is 11.2 Å². The van der Waals surface area contributed by atoms with E-state index >= 15 is 0 Å². The van der Waals surface area contributed by atoms with Gasteiger partial charge in [0.25, 0.3) is 0 Å². The first-order valence-corrected chi connectivity index (χ1v) is 5.64. The first kappa shape index (κ1) is 13.5.